The first-order valence-corrected chi connectivity index (χ1v) is 8.82. The Kier molecular flexibility index (Phi) is 38.4. The second-order valence-corrected chi connectivity index (χ2v) is 7.62. The van der Waals surface area contributed by atoms with Crippen LogP contribution in [0.15, 0.2) is 0 Å². The van der Waals surface area contributed by atoms with Gasteiger partial charge in [-0.2, -0.15) is 11.5 Å². The van der Waals surface area contributed by atoms with Crippen molar-refractivity contribution in [3.63, 3.8) is 0 Å². The molecule has 0 aliphatic heterocycles. The summed E-state index contributed by atoms with van der Waals surface area (Å²) in [5.41, 5.74) is 0.713. The maximum absolute atomic E-state index is 4.79. The van der Waals surface area contributed by atoms with E-state index >= 15 is 0 Å². The van der Waals surface area contributed by atoms with E-state index in [-0.39, 0.29) is 23.9 Å². The van der Waals surface area contributed by atoms with Crippen LogP contribution in [0.5, 0.6) is 0 Å². The van der Waals surface area contributed by atoms with Gasteiger partial charge in [0.2, 0.25) is 0 Å². The number of unbranched alkanes of at least 4 members (excludes halogenated alkanes) is 2. The third-order valence-corrected chi connectivity index (χ3v) is 3.41. The zero-order chi connectivity index (χ0) is 17.2. The van der Waals surface area contributed by atoms with Gasteiger partial charge in [-0.25, -0.2) is 0 Å². The summed E-state index contributed by atoms with van der Waals surface area (Å²) < 4.78 is 0. The van der Waals surface area contributed by atoms with Crippen molar-refractivity contribution in [3.05, 3.63) is 12.8 Å². The summed E-state index contributed by atoms with van der Waals surface area (Å²) in [6.45, 7) is 21.2. The van der Waals surface area contributed by atoms with Crippen molar-refractivity contribution in [1.82, 2.24) is 0 Å². The predicted molar refractivity (Wildman–Crippen MR) is 110 cm³/mol. The quantitative estimate of drug-likeness (QED) is 0.381. The van der Waals surface area contributed by atoms with Crippen molar-refractivity contribution in [2.45, 2.75) is 82.1 Å². The summed E-state index contributed by atoms with van der Waals surface area (Å²) in [5.74, 6) is 1.71. The molecule has 0 fully saturated rings. The van der Waals surface area contributed by atoms with E-state index in [0.29, 0.717) is 10.8 Å². The molecule has 0 bridgehead atoms. The first kappa shape index (κ1) is 34.0. The minimum absolute atomic E-state index is 0. The van der Waals surface area contributed by atoms with E-state index in [1.807, 2.05) is 0 Å². The molecule has 0 aromatic rings. The Morgan fingerprint density at radius 2 is 0.762 bits per heavy atom. The van der Waals surface area contributed by atoms with Gasteiger partial charge in [0.25, 0.3) is 0 Å². The molecule has 0 aromatic carbocycles. The van der Waals surface area contributed by atoms with Crippen molar-refractivity contribution in [1.29, 1.82) is 0 Å². The van der Waals surface area contributed by atoms with Crippen molar-refractivity contribution in [3.8, 4) is 0 Å². The average Bonchev–Trinajstić information content (AvgIpc) is 2.38. The van der Waals surface area contributed by atoms with Gasteiger partial charge in [0.05, 0.1) is 0 Å². The monoisotopic (exact) mass is 440 g/mol. The molecule has 0 saturated carbocycles. The molecular weight excluding hydrogens is 399 g/mol. The molecule has 0 atom stereocenters. The van der Waals surface area contributed by atoms with Gasteiger partial charge in [-0.05, 0) is 12.8 Å². The van der Waals surface area contributed by atoms with E-state index < -0.39 is 0 Å². The molecule has 0 unspecified atom stereocenters. The molecule has 0 nitrogen and oxygen atoms in total. The van der Waals surface area contributed by atoms with Crippen LogP contribution in [0.25, 0.3) is 0 Å². The zero-order valence-electron chi connectivity index (χ0n) is 16.3. The number of rotatable bonds is 2. The molecule has 0 aliphatic carbocycles. The molecule has 0 rings (SSSR count). The maximum atomic E-state index is 4.79. The molecule has 0 spiro atoms. The molecule has 4 radical (unpaired) electrons. The van der Waals surface area contributed by atoms with Gasteiger partial charge in [-0.15, -0.1) is 0 Å². The van der Waals surface area contributed by atoms with Gasteiger partial charge >= 0.3 is 23.9 Å². The largest absolute Gasteiger partial charge is 2.00 e. The van der Waals surface area contributed by atoms with Crippen LogP contribution in [-0.4, -0.2) is 35.4 Å². The fourth-order valence-corrected chi connectivity index (χ4v) is 0. The van der Waals surface area contributed by atoms with E-state index in [0.717, 1.165) is 11.5 Å². The van der Waals surface area contributed by atoms with Crippen molar-refractivity contribution in [2.24, 2.45) is 10.8 Å². The molecule has 0 aromatic heterocycles. The second-order valence-electron chi connectivity index (χ2n) is 7.04. The Morgan fingerprint density at radius 1 is 0.667 bits per heavy atom. The number of hydrogen-bond donors (Lipinski definition) is 0. The smallest absolute Gasteiger partial charge is 0.792 e. The molecule has 3 heteroatoms. The van der Waals surface area contributed by atoms with Crippen molar-refractivity contribution >= 4 is 49.2 Å². The van der Waals surface area contributed by atoms with Crippen LogP contribution in [0.2, 0.25) is 0 Å². The van der Waals surface area contributed by atoms with E-state index in [1.165, 1.54) is 12.8 Å². The van der Waals surface area contributed by atoms with Gasteiger partial charge in [-0.1, -0.05) is 92.9 Å². The summed E-state index contributed by atoms with van der Waals surface area (Å²) in [6.07, 6.45) is 6.64. The SMILES string of the molecule is CC(C)(C)C[S-].CC(C)(C)C[S-].C[CH]CC.C[CH]CC.[Sn+2]. The van der Waals surface area contributed by atoms with Crippen LogP contribution in [0.4, 0.5) is 0 Å². The van der Waals surface area contributed by atoms with Gasteiger partial charge in [0.1, 0.15) is 0 Å². The first-order chi connectivity index (χ1) is 8.95. The molecule has 0 amide bonds. The number of hydrogen-bond acceptors (Lipinski definition) is 2. The van der Waals surface area contributed by atoms with Gasteiger partial charge < -0.3 is 25.3 Å². The summed E-state index contributed by atoms with van der Waals surface area (Å²) in [6, 6.07) is 0. The van der Waals surface area contributed by atoms with Crippen LogP contribution in [0.1, 0.15) is 82.1 Å². The fraction of sp³-hybridized carbons (Fsp3) is 0.889. The van der Waals surface area contributed by atoms with E-state index in [4.69, 9.17) is 25.3 Å². The second kappa shape index (κ2) is 23.8. The van der Waals surface area contributed by atoms with Gasteiger partial charge in [0.15, 0.2) is 0 Å². The topological polar surface area (TPSA) is 0 Å². The van der Waals surface area contributed by atoms with Crippen LogP contribution in [0, 0.1) is 23.7 Å². The van der Waals surface area contributed by atoms with E-state index in [1.54, 1.807) is 0 Å². The van der Waals surface area contributed by atoms with Crippen LogP contribution >= 0.6 is 0 Å². The molecule has 0 saturated heterocycles. The minimum atomic E-state index is 0. The van der Waals surface area contributed by atoms with Crippen LogP contribution < -0.4 is 0 Å². The third kappa shape index (κ3) is 90.6. The Hall–Kier alpha value is 1.50. The molecule has 128 valence electrons. The minimum Gasteiger partial charge on any atom is -0.792 e. The summed E-state index contributed by atoms with van der Waals surface area (Å²) in [4.78, 5) is 0. The Balaban J connectivity index is -0.0000000544. The Labute approximate surface area is 165 Å². The molecule has 0 N–H and O–H groups in total. The molecular formula is C18H40S2Sn. The molecule has 0 aliphatic rings. The van der Waals surface area contributed by atoms with Crippen LogP contribution in [-0.2, 0) is 25.3 Å². The average molecular weight is 439 g/mol. The zero-order valence-corrected chi connectivity index (χ0v) is 20.8. The summed E-state index contributed by atoms with van der Waals surface area (Å²) >= 11 is 9.58. The predicted octanol–water partition coefficient (Wildman–Crippen LogP) is 6.02. The standard InChI is InChI=1S/2C5H12S.2C4H9.Sn/c2*1-5(2,3)4-6;2*1-3-4-2;/h2*6H,4H2,1-3H3;2*3H,4H2,1-2H3;/q;;;;+2/p-2. The van der Waals surface area contributed by atoms with Crippen molar-refractivity contribution < 1.29 is 0 Å². The Morgan fingerprint density at radius 3 is 0.762 bits per heavy atom. The summed E-state index contributed by atoms with van der Waals surface area (Å²) in [7, 11) is 0. The summed E-state index contributed by atoms with van der Waals surface area (Å²) in [5, 5.41) is 0. The van der Waals surface area contributed by atoms with E-state index in [2.05, 4.69) is 82.1 Å². The molecule has 0 heterocycles. The Bertz CT molecular complexity index is 124. The maximum Gasteiger partial charge on any atom is 2.00 e. The van der Waals surface area contributed by atoms with E-state index in [9.17, 15) is 0 Å². The van der Waals surface area contributed by atoms with Crippen LogP contribution in [0.3, 0.4) is 0 Å². The van der Waals surface area contributed by atoms with Gasteiger partial charge in [-0.3, -0.25) is 0 Å². The molecule has 21 heavy (non-hydrogen) atoms. The first-order valence-electron chi connectivity index (χ1n) is 7.67. The third-order valence-electron chi connectivity index (χ3n) is 1.68. The normalized spacial score (nSPS) is 9.71. The van der Waals surface area contributed by atoms with Gasteiger partial charge in [0, 0.05) is 0 Å². The fourth-order valence-electron chi connectivity index (χ4n) is 0. The van der Waals surface area contributed by atoms with Crippen molar-refractivity contribution in [2.75, 3.05) is 11.5 Å².